The van der Waals surface area contributed by atoms with Crippen molar-refractivity contribution in [3.63, 3.8) is 0 Å². The Kier molecular flexibility index (Phi) is 4.87. The summed E-state index contributed by atoms with van der Waals surface area (Å²) in [5.41, 5.74) is 4.30. The van der Waals surface area contributed by atoms with Crippen LogP contribution in [0.3, 0.4) is 0 Å². The van der Waals surface area contributed by atoms with Crippen LogP contribution in [0.25, 0.3) is 91.6 Å². The van der Waals surface area contributed by atoms with Crippen LogP contribution in [-0.2, 0) is 0 Å². The van der Waals surface area contributed by atoms with Gasteiger partial charge < -0.3 is 0 Å². The second-order valence-electron chi connectivity index (χ2n) is 11.4. The molecule has 4 heteroatoms. The number of hydrogen-bond acceptors (Lipinski definition) is 3. The van der Waals surface area contributed by atoms with Crippen molar-refractivity contribution < 1.29 is 0 Å². The first-order valence-corrected chi connectivity index (χ1v) is 15.7. The first-order valence-electron chi connectivity index (χ1n) is 14.8. The lowest BCUT2D eigenvalue weighted by molar-refractivity contribution is 1.08. The second kappa shape index (κ2) is 8.96. The van der Waals surface area contributed by atoms with Gasteiger partial charge >= 0.3 is 0 Å². The van der Waals surface area contributed by atoms with Crippen molar-refractivity contribution in [2.24, 2.45) is 0 Å². The highest BCUT2D eigenvalue weighted by Crippen LogP contribution is 2.41. The summed E-state index contributed by atoms with van der Waals surface area (Å²) in [5, 5.41) is 11.0. The van der Waals surface area contributed by atoms with E-state index < -0.39 is 0 Å². The standard InChI is InChI=1S/C40H23N3S/c1-2-11-26-23-35-33(22-25(26)10-1)31-13-5-7-15-34(31)43(35)40-38-37(32-14-6-8-16-36(32)44-38)41-39(42-40)28-19-20-30-27(21-28)18-17-24-9-3-4-12-29(24)30/h1-23H. The Labute approximate surface area is 256 Å². The van der Waals surface area contributed by atoms with Gasteiger partial charge in [-0.2, -0.15) is 0 Å². The first kappa shape index (κ1) is 23.9. The summed E-state index contributed by atoms with van der Waals surface area (Å²) in [4.78, 5) is 10.7. The fourth-order valence-corrected chi connectivity index (χ4v) is 8.01. The fraction of sp³-hybridized carbons (Fsp3) is 0. The molecule has 0 bridgehead atoms. The number of para-hydroxylation sites is 1. The highest BCUT2D eigenvalue weighted by molar-refractivity contribution is 7.26. The van der Waals surface area contributed by atoms with E-state index >= 15 is 0 Å². The van der Waals surface area contributed by atoms with E-state index in [1.54, 1.807) is 11.3 Å². The van der Waals surface area contributed by atoms with Crippen molar-refractivity contribution in [1.29, 1.82) is 0 Å². The quantitative estimate of drug-likeness (QED) is 0.191. The number of aromatic nitrogens is 3. The van der Waals surface area contributed by atoms with Gasteiger partial charge in [0.2, 0.25) is 0 Å². The van der Waals surface area contributed by atoms with Crippen LogP contribution in [0.2, 0.25) is 0 Å². The Morgan fingerprint density at radius 1 is 0.455 bits per heavy atom. The Bertz CT molecular complexity index is 2790. The monoisotopic (exact) mass is 577 g/mol. The average Bonchev–Trinajstić information content (AvgIpc) is 3.62. The van der Waals surface area contributed by atoms with Crippen molar-refractivity contribution in [1.82, 2.24) is 14.5 Å². The zero-order valence-electron chi connectivity index (χ0n) is 23.5. The van der Waals surface area contributed by atoms with E-state index in [2.05, 4.69) is 144 Å². The summed E-state index contributed by atoms with van der Waals surface area (Å²) in [7, 11) is 0. The van der Waals surface area contributed by atoms with E-state index in [0.717, 1.165) is 43.8 Å². The molecule has 10 rings (SSSR count). The van der Waals surface area contributed by atoms with Gasteiger partial charge in [0.05, 0.1) is 21.3 Å². The Hall–Kier alpha value is -5.58. The largest absolute Gasteiger partial charge is 0.292 e. The van der Waals surface area contributed by atoms with Gasteiger partial charge in [-0.15, -0.1) is 11.3 Å². The minimum absolute atomic E-state index is 0.734. The Morgan fingerprint density at radius 3 is 2.02 bits per heavy atom. The number of thiophene rings is 1. The van der Waals surface area contributed by atoms with Gasteiger partial charge in [0.1, 0.15) is 0 Å². The molecule has 204 valence electrons. The minimum atomic E-state index is 0.734. The number of hydrogen-bond donors (Lipinski definition) is 0. The maximum absolute atomic E-state index is 5.42. The highest BCUT2D eigenvalue weighted by Gasteiger charge is 2.21. The van der Waals surface area contributed by atoms with Gasteiger partial charge in [0.15, 0.2) is 11.6 Å². The third-order valence-corrected chi connectivity index (χ3v) is 10.1. The van der Waals surface area contributed by atoms with Crippen molar-refractivity contribution in [2.45, 2.75) is 0 Å². The van der Waals surface area contributed by atoms with E-state index in [-0.39, 0.29) is 0 Å². The molecule has 44 heavy (non-hydrogen) atoms. The van der Waals surface area contributed by atoms with E-state index in [1.807, 2.05) is 0 Å². The van der Waals surface area contributed by atoms with Crippen molar-refractivity contribution in [3.8, 4) is 17.2 Å². The van der Waals surface area contributed by atoms with Crippen LogP contribution in [0, 0.1) is 0 Å². The fourth-order valence-electron chi connectivity index (χ4n) is 6.89. The van der Waals surface area contributed by atoms with Gasteiger partial charge in [0.25, 0.3) is 0 Å². The van der Waals surface area contributed by atoms with Crippen LogP contribution in [0.5, 0.6) is 0 Å². The zero-order valence-corrected chi connectivity index (χ0v) is 24.3. The molecule has 3 nitrogen and oxygen atoms in total. The molecule has 3 heterocycles. The molecule has 0 atom stereocenters. The summed E-state index contributed by atoms with van der Waals surface area (Å²) >= 11 is 1.77. The van der Waals surface area contributed by atoms with E-state index in [0.29, 0.717) is 0 Å². The number of fused-ring (bicyclic) bond motifs is 10. The van der Waals surface area contributed by atoms with Gasteiger partial charge in [0, 0.05) is 26.4 Å². The molecular weight excluding hydrogens is 555 g/mol. The smallest absolute Gasteiger partial charge is 0.162 e. The van der Waals surface area contributed by atoms with Crippen LogP contribution in [0.1, 0.15) is 0 Å². The molecule has 10 aromatic rings. The predicted octanol–water partition coefficient (Wildman–Crippen LogP) is 11.1. The molecule has 0 spiro atoms. The molecule has 0 aliphatic carbocycles. The van der Waals surface area contributed by atoms with Gasteiger partial charge in [-0.25, -0.2) is 9.97 Å². The summed E-state index contributed by atoms with van der Waals surface area (Å²) in [6.07, 6.45) is 0. The SMILES string of the molecule is c1ccc2cc3c(cc2c1)c1ccccc1n3-c1nc(-c2ccc3c(ccc4ccccc43)c2)nc2c1sc1ccccc12. The molecule has 0 unspecified atom stereocenters. The first-order chi connectivity index (χ1) is 21.8. The highest BCUT2D eigenvalue weighted by atomic mass is 32.1. The average molecular weight is 578 g/mol. The molecule has 0 saturated heterocycles. The molecule has 0 saturated carbocycles. The Morgan fingerprint density at radius 2 is 1.14 bits per heavy atom. The lowest BCUT2D eigenvalue weighted by Crippen LogP contribution is -2.01. The number of benzene rings is 7. The molecule has 0 aliphatic heterocycles. The zero-order chi connectivity index (χ0) is 28.8. The third-order valence-electron chi connectivity index (χ3n) is 8.96. The predicted molar refractivity (Wildman–Crippen MR) is 187 cm³/mol. The summed E-state index contributed by atoms with van der Waals surface area (Å²) in [5.74, 6) is 1.66. The minimum Gasteiger partial charge on any atom is -0.292 e. The topological polar surface area (TPSA) is 30.7 Å². The molecule has 0 amide bonds. The number of nitrogens with zero attached hydrogens (tertiary/aromatic N) is 3. The van der Waals surface area contributed by atoms with Crippen molar-refractivity contribution in [3.05, 3.63) is 140 Å². The molecule has 0 aliphatic rings. The van der Waals surface area contributed by atoms with Crippen molar-refractivity contribution >= 4 is 85.8 Å². The van der Waals surface area contributed by atoms with Gasteiger partial charge in [-0.05, 0) is 62.6 Å². The van der Waals surface area contributed by atoms with E-state index in [4.69, 9.17) is 9.97 Å². The summed E-state index contributed by atoms with van der Waals surface area (Å²) in [6, 6.07) is 50.1. The molecule has 0 fully saturated rings. The van der Waals surface area contributed by atoms with Crippen molar-refractivity contribution in [2.75, 3.05) is 0 Å². The lowest BCUT2D eigenvalue weighted by atomic mass is 10.00. The summed E-state index contributed by atoms with van der Waals surface area (Å²) in [6.45, 7) is 0. The third kappa shape index (κ3) is 3.37. The van der Waals surface area contributed by atoms with E-state index in [9.17, 15) is 0 Å². The van der Waals surface area contributed by atoms with Crippen LogP contribution in [0.15, 0.2) is 140 Å². The summed E-state index contributed by atoms with van der Waals surface area (Å²) < 4.78 is 4.66. The van der Waals surface area contributed by atoms with E-state index in [1.165, 1.54) is 47.8 Å². The van der Waals surface area contributed by atoms with Gasteiger partial charge in [-0.1, -0.05) is 109 Å². The number of rotatable bonds is 2. The molecule has 0 N–H and O–H groups in total. The molecular formula is C40H23N3S. The maximum atomic E-state index is 5.42. The van der Waals surface area contributed by atoms with Gasteiger partial charge in [-0.3, -0.25) is 4.57 Å². The second-order valence-corrected chi connectivity index (χ2v) is 12.5. The van der Waals surface area contributed by atoms with Crippen LogP contribution >= 0.6 is 11.3 Å². The molecule has 3 aromatic heterocycles. The normalized spacial score (nSPS) is 12.1. The molecule has 0 radical (unpaired) electrons. The van der Waals surface area contributed by atoms with Crippen LogP contribution < -0.4 is 0 Å². The Balaban J connectivity index is 1.32. The van der Waals surface area contributed by atoms with Crippen LogP contribution in [0.4, 0.5) is 0 Å². The maximum Gasteiger partial charge on any atom is 0.162 e. The lowest BCUT2D eigenvalue weighted by Gasteiger charge is -2.12. The molecule has 7 aromatic carbocycles. The van der Waals surface area contributed by atoms with Crippen LogP contribution in [-0.4, -0.2) is 14.5 Å².